The Morgan fingerprint density at radius 1 is 1.05 bits per heavy atom. The van der Waals surface area contributed by atoms with Crippen LogP contribution in [0, 0.1) is 10.8 Å². The lowest BCUT2D eigenvalue weighted by molar-refractivity contribution is -0.211. The average molecular weight is 575 g/mol. The number of nitrogens with zero attached hydrogens (tertiary/aromatic N) is 6. The van der Waals surface area contributed by atoms with E-state index in [1.807, 2.05) is 24.0 Å². The van der Waals surface area contributed by atoms with Crippen molar-refractivity contribution in [2.24, 2.45) is 10.8 Å². The molecule has 4 bridgehead atoms. The molecule has 3 heterocycles. The summed E-state index contributed by atoms with van der Waals surface area (Å²) >= 11 is 0. The largest absolute Gasteiger partial charge is 0.491 e. The van der Waals surface area contributed by atoms with Gasteiger partial charge in [-0.25, -0.2) is 19.3 Å². The summed E-state index contributed by atoms with van der Waals surface area (Å²) in [6, 6.07) is 3.74. The molecule has 0 aliphatic heterocycles. The minimum absolute atomic E-state index is 0.00376. The van der Waals surface area contributed by atoms with Gasteiger partial charge in [0.1, 0.15) is 11.5 Å². The van der Waals surface area contributed by atoms with Crippen LogP contribution in [0.2, 0.25) is 0 Å². The molecule has 9 rings (SSSR count). The Hall–Kier alpha value is -3.43. The van der Waals surface area contributed by atoms with E-state index in [-0.39, 0.29) is 22.2 Å². The van der Waals surface area contributed by atoms with Gasteiger partial charge in [-0.3, -0.25) is 9.69 Å². The maximum Gasteiger partial charge on any atom is 0.234 e. The van der Waals surface area contributed by atoms with Gasteiger partial charge < -0.3 is 9.26 Å². The molecule has 42 heavy (non-hydrogen) atoms. The number of amides is 1. The van der Waals surface area contributed by atoms with Crippen molar-refractivity contribution >= 4 is 11.7 Å². The highest BCUT2D eigenvalue weighted by Crippen LogP contribution is 2.70. The molecule has 0 unspecified atom stereocenters. The maximum atomic E-state index is 14.6. The van der Waals surface area contributed by atoms with Crippen molar-refractivity contribution in [2.75, 3.05) is 18.1 Å². The average Bonchev–Trinajstić information content (AvgIpc) is 3.48. The summed E-state index contributed by atoms with van der Waals surface area (Å²) in [5.74, 6) is 3.24. The second kappa shape index (κ2) is 9.28. The summed E-state index contributed by atoms with van der Waals surface area (Å²) in [6.07, 6.45) is 11.8. The number of anilines is 1. The van der Waals surface area contributed by atoms with Gasteiger partial charge in [0.15, 0.2) is 17.4 Å². The van der Waals surface area contributed by atoms with Crippen LogP contribution in [-0.4, -0.2) is 49.8 Å². The normalized spacial score (nSPS) is 31.3. The molecule has 0 aromatic carbocycles. The van der Waals surface area contributed by atoms with Gasteiger partial charge in [-0.1, -0.05) is 25.9 Å². The van der Waals surface area contributed by atoms with E-state index in [0.29, 0.717) is 55.7 Å². The summed E-state index contributed by atoms with van der Waals surface area (Å²) < 4.78 is 25.7. The molecule has 6 fully saturated rings. The number of fused-ring (bicyclic) bond motifs is 3. The third kappa shape index (κ3) is 4.40. The number of hydrogen-bond acceptors (Lipinski definition) is 8. The first-order valence-electron chi connectivity index (χ1n) is 15.2. The maximum absolute atomic E-state index is 14.6. The summed E-state index contributed by atoms with van der Waals surface area (Å²) in [4.78, 5) is 34.5. The van der Waals surface area contributed by atoms with Gasteiger partial charge in [-0.15, -0.1) is 0 Å². The third-order valence-electron chi connectivity index (χ3n) is 10.3. The Balaban J connectivity index is 1.15. The van der Waals surface area contributed by atoms with E-state index in [0.717, 1.165) is 49.9 Å². The zero-order valence-corrected chi connectivity index (χ0v) is 25.0. The number of ether oxygens (including phenoxy) is 1. The van der Waals surface area contributed by atoms with Crippen LogP contribution in [0.15, 0.2) is 35.2 Å². The standard InChI is InChI=1S/C32H39FN6O3/c1-5-41-22-15-35-24(36-16-22)21-6-13-34-23(14-21)39(27(40)31-17-32(33,18-31)19-31)20-29-7-10-30(11-8-29,12-9-29)25-37-26(42-38-25)28(2,3)4/h6,13-16H,5,7-12,17-20H2,1-4H3. The monoisotopic (exact) mass is 574 g/mol. The molecular weight excluding hydrogens is 535 g/mol. The van der Waals surface area contributed by atoms with Crippen LogP contribution in [0.25, 0.3) is 11.4 Å². The highest BCUT2D eigenvalue weighted by atomic mass is 19.1. The predicted molar refractivity (Wildman–Crippen MR) is 154 cm³/mol. The van der Waals surface area contributed by atoms with E-state index < -0.39 is 11.1 Å². The van der Waals surface area contributed by atoms with Gasteiger partial charge in [0.2, 0.25) is 11.8 Å². The van der Waals surface area contributed by atoms with Crippen LogP contribution in [0.5, 0.6) is 5.75 Å². The topological polar surface area (TPSA) is 107 Å². The van der Waals surface area contributed by atoms with E-state index in [4.69, 9.17) is 14.2 Å². The second-order valence-electron chi connectivity index (χ2n) is 14.4. The number of carbonyl (C=O) groups excluding carboxylic acids is 1. The fourth-order valence-electron chi connectivity index (χ4n) is 7.76. The Bertz CT molecular complexity index is 1470. The van der Waals surface area contributed by atoms with Crippen molar-refractivity contribution in [1.29, 1.82) is 0 Å². The van der Waals surface area contributed by atoms with Crippen molar-refractivity contribution < 1.29 is 18.4 Å². The molecule has 3 aromatic heterocycles. The molecule has 1 amide bonds. The Morgan fingerprint density at radius 3 is 2.29 bits per heavy atom. The lowest BCUT2D eigenvalue weighted by atomic mass is 9.41. The molecule has 222 valence electrons. The molecule has 9 nitrogen and oxygen atoms in total. The summed E-state index contributed by atoms with van der Waals surface area (Å²) in [5, 5.41) is 4.43. The van der Waals surface area contributed by atoms with Crippen LogP contribution in [0.3, 0.4) is 0 Å². The molecular formula is C32H39FN6O3. The van der Waals surface area contributed by atoms with Gasteiger partial charge in [-0.2, -0.15) is 4.98 Å². The Morgan fingerprint density at radius 2 is 1.71 bits per heavy atom. The zero-order valence-electron chi connectivity index (χ0n) is 25.0. The molecule has 6 aliphatic rings. The highest BCUT2D eigenvalue weighted by molar-refractivity contribution is 6.00. The van der Waals surface area contributed by atoms with E-state index in [1.165, 1.54) is 0 Å². The summed E-state index contributed by atoms with van der Waals surface area (Å²) in [5.41, 5.74) is -1.26. The van der Waals surface area contributed by atoms with Crippen LogP contribution in [0.1, 0.15) is 97.2 Å². The third-order valence-corrected chi connectivity index (χ3v) is 10.3. The van der Waals surface area contributed by atoms with Crippen LogP contribution in [0.4, 0.5) is 10.2 Å². The van der Waals surface area contributed by atoms with Crippen molar-refractivity contribution in [3.05, 3.63) is 42.4 Å². The Kier molecular flexibility index (Phi) is 6.06. The molecule has 0 saturated heterocycles. The minimum Gasteiger partial charge on any atom is -0.491 e. The van der Waals surface area contributed by atoms with Crippen molar-refractivity contribution in [3.8, 4) is 17.1 Å². The first-order chi connectivity index (χ1) is 20.0. The first kappa shape index (κ1) is 27.4. The van der Waals surface area contributed by atoms with Gasteiger partial charge in [0.25, 0.3) is 0 Å². The van der Waals surface area contributed by atoms with Gasteiger partial charge >= 0.3 is 0 Å². The highest BCUT2D eigenvalue weighted by Gasteiger charge is 2.73. The van der Waals surface area contributed by atoms with Gasteiger partial charge in [0.05, 0.1) is 24.4 Å². The molecule has 6 aliphatic carbocycles. The van der Waals surface area contributed by atoms with Crippen molar-refractivity contribution in [2.45, 2.75) is 102 Å². The summed E-state index contributed by atoms with van der Waals surface area (Å²) in [6.45, 7) is 9.28. The predicted octanol–water partition coefficient (Wildman–Crippen LogP) is 6.14. The summed E-state index contributed by atoms with van der Waals surface area (Å²) in [7, 11) is 0. The smallest absolute Gasteiger partial charge is 0.234 e. The number of hydrogen-bond donors (Lipinski definition) is 0. The molecule has 6 saturated carbocycles. The lowest BCUT2D eigenvalue weighted by Gasteiger charge is -2.65. The number of aromatic nitrogens is 5. The van der Waals surface area contributed by atoms with Gasteiger partial charge in [-0.05, 0) is 82.3 Å². The number of carbonyl (C=O) groups is 1. The molecule has 10 heteroatoms. The number of halogens is 1. The SMILES string of the molecule is CCOc1cnc(-c2ccnc(N(CC34CCC(c5noc(C(C)(C)C)n5)(CC3)CC4)C(=O)C34CC(F)(C3)C4)c2)nc1. The van der Waals surface area contributed by atoms with Crippen molar-refractivity contribution in [1.82, 2.24) is 25.1 Å². The second-order valence-corrected chi connectivity index (χ2v) is 14.4. The minimum atomic E-state index is -1.16. The molecule has 0 spiro atoms. The molecule has 0 N–H and O–H groups in total. The van der Waals surface area contributed by atoms with E-state index >= 15 is 0 Å². The van der Waals surface area contributed by atoms with E-state index in [9.17, 15) is 9.18 Å². The van der Waals surface area contributed by atoms with Gasteiger partial charge in [0, 0.05) is 29.1 Å². The number of rotatable bonds is 8. The first-order valence-corrected chi connectivity index (χ1v) is 15.2. The fraction of sp³-hybridized carbons (Fsp3) is 0.625. The van der Waals surface area contributed by atoms with E-state index in [2.05, 4.69) is 40.9 Å². The quantitative estimate of drug-likeness (QED) is 0.316. The van der Waals surface area contributed by atoms with Crippen LogP contribution < -0.4 is 9.64 Å². The van der Waals surface area contributed by atoms with Crippen LogP contribution >= 0.6 is 0 Å². The molecule has 3 aromatic rings. The molecule has 0 atom stereocenters. The lowest BCUT2D eigenvalue weighted by Crippen LogP contribution is -2.71. The molecule has 0 radical (unpaired) electrons. The number of alkyl halides is 1. The number of pyridine rings is 1. The van der Waals surface area contributed by atoms with Crippen LogP contribution in [-0.2, 0) is 15.6 Å². The fourth-order valence-corrected chi connectivity index (χ4v) is 7.76. The van der Waals surface area contributed by atoms with E-state index in [1.54, 1.807) is 18.6 Å². The zero-order chi connectivity index (χ0) is 29.4. The Labute approximate surface area is 245 Å². The van der Waals surface area contributed by atoms with Crippen molar-refractivity contribution in [3.63, 3.8) is 0 Å².